The second kappa shape index (κ2) is 8.12. The number of methoxy groups -OCH3 is 2. The molecule has 0 unspecified atom stereocenters. The summed E-state index contributed by atoms with van der Waals surface area (Å²) < 4.78 is 49.2. The van der Waals surface area contributed by atoms with E-state index in [-0.39, 0.29) is 23.6 Å². The average molecular weight is 367 g/mol. The van der Waals surface area contributed by atoms with E-state index >= 15 is 0 Å². The predicted octanol–water partition coefficient (Wildman–Crippen LogP) is 4.60. The summed E-state index contributed by atoms with van der Waals surface area (Å²) in [5, 5.41) is 2.51. The van der Waals surface area contributed by atoms with Crippen LogP contribution in [0.15, 0.2) is 36.4 Å². The summed E-state index contributed by atoms with van der Waals surface area (Å²) >= 11 is 0. The molecule has 0 spiro atoms. The van der Waals surface area contributed by atoms with Gasteiger partial charge in [0.15, 0.2) is 11.5 Å². The first-order valence-corrected chi connectivity index (χ1v) is 7.93. The SMILES string of the molecule is COc1ccc(CCC(=O)Nc2ccc(C)c(C(F)(F)F)c2)cc1OC. The minimum Gasteiger partial charge on any atom is -0.493 e. The Hall–Kier alpha value is -2.70. The summed E-state index contributed by atoms with van der Waals surface area (Å²) in [5.41, 5.74) is 0.342. The lowest BCUT2D eigenvalue weighted by atomic mass is 10.1. The number of carbonyl (C=O) groups is 1. The normalized spacial score (nSPS) is 11.2. The molecule has 0 atom stereocenters. The van der Waals surface area contributed by atoms with Crippen molar-refractivity contribution in [3.63, 3.8) is 0 Å². The average Bonchev–Trinajstić information content (AvgIpc) is 2.60. The van der Waals surface area contributed by atoms with Gasteiger partial charge in [-0.05, 0) is 48.7 Å². The quantitative estimate of drug-likeness (QED) is 0.812. The number of halogens is 3. The molecule has 7 heteroatoms. The minimum atomic E-state index is -4.45. The number of aryl methyl sites for hydroxylation is 2. The number of nitrogens with one attached hydrogen (secondary N) is 1. The summed E-state index contributed by atoms with van der Waals surface area (Å²) in [5.74, 6) is 0.774. The van der Waals surface area contributed by atoms with Crippen LogP contribution in [-0.4, -0.2) is 20.1 Å². The molecule has 26 heavy (non-hydrogen) atoms. The van der Waals surface area contributed by atoms with Crippen molar-refractivity contribution >= 4 is 11.6 Å². The van der Waals surface area contributed by atoms with Crippen molar-refractivity contribution in [2.45, 2.75) is 25.9 Å². The van der Waals surface area contributed by atoms with Crippen molar-refractivity contribution < 1.29 is 27.4 Å². The maximum atomic E-state index is 12.9. The molecule has 1 N–H and O–H groups in total. The number of alkyl halides is 3. The van der Waals surface area contributed by atoms with Crippen LogP contribution in [0.5, 0.6) is 11.5 Å². The van der Waals surface area contributed by atoms with Gasteiger partial charge in [0.2, 0.25) is 5.91 Å². The van der Waals surface area contributed by atoms with Crippen LogP contribution in [0.3, 0.4) is 0 Å². The van der Waals surface area contributed by atoms with Gasteiger partial charge < -0.3 is 14.8 Å². The lowest BCUT2D eigenvalue weighted by Crippen LogP contribution is -2.14. The smallest absolute Gasteiger partial charge is 0.416 e. The minimum absolute atomic E-state index is 0.112. The van der Waals surface area contributed by atoms with Crippen molar-refractivity contribution in [3.8, 4) is 11.5 Å². The molecule has 2 rings (SSSR count). The number of rotatable bonds is 6. The van der Waals surface area contributed by atoms with Crippen molar-refractivity contribution in [1.29, 1.82) is 0 Å². The van der Waals surface area contributed by atoms with Crippen LogP contribution in [-0.2, 0) is 17.4 Å². The second-order valence-corrected chi connectivity index (χ2v) is 5.76. The number of hydrogen-bond acceptors (Lipinski definition) is 3. The number of hydrogen-bond donors (Lipinski definition) is 1. The monoisotopic (exact) mass is 367 g/mol. The molecule has 0 aliphatic heterocycles. The summed E-state index contributed by atoms with van der Waals surface area (Å²) in [6, 6.07) is 9.05. The van der Waals surface area contributed by atoms with E-state index in [1.54, 1.807) is 12.1 Å². The molecule has 1 amide bonds. The van der Waals surface area contributed by atoms with E-state index in [0.717, 1.165) is 11.6 Å². The Kier molecular flexibility index (Phi) is 6.13. The summed E-state index contributed by atoms with van der Waals surface area (Å²) in [4.78, 5) is 12.1. The van der Waals surface area contributed by atoms with Gasteiger partial charge >= 0.3 is 6.18 Å². The van der Waals surface area contributed by atoms with Crippen LogP contribution in [0.25, 0.3) is 0 Å². The molecular formula is C19H20F3NO3. The van der Waals surface area contributed by atoms with E-state index in [9.17, 15) is 18.0 Å². The molecular weight excluding hydrogens is 347 g/mol. The zero-order valence-corrected chi connectivity index (χ0v) is 14.7. The molecule has 0 heterocycles. The predicted molar refractivity (Wildman–Crippen MR) is 92.7 cm³/mol. The lowest BCUT2D eigenvalue weighted by Gasteiger charge is -2.13. The van der Waals surface area contributed by atoms with E-state index in [4.69, 9.17) is 9.47 Å². The highest BCUT2D eigenvalue weighted by Crippen LogP contribution is 2.33. The third kappa shape index (κ3) is 4.91. The highest BCUT2D eigenvalue weighted by atomic mass is 19.4. The summed E-state index contributed by atoms with van der Waals surface area (Å²) in [6.07, 6.45) is -3.90. The van der Waals surface area contributed by atoms with Gasteiger partial charge in [-0.1, -0.05) is 12.1 Å². The fourth-order valence-corrected chi connectivity index (χ4v) is 2.52. The highest BCUT2D eigenvalue weighted by molar-refractivity contribution is 5.91. The topological polar surface area (TPSA) is 47.6 Å². The molecule has 0 fully saturated rings. The summed E-state index contributed by atoms with van der Waals surface area (Å²) in [6.45, 7) is 1.38. The number of carbonyl (C=O) groups excluding carboxylic acids is 1. The highest BCUT2D eigenvalue weighted by Gasteiger charge is 2.32. The Morgan fingerprint density at radius 1 is 1.04 bits per heavy atom. The lowest BCUT2D eigenvalue weighted by molar-refractivity contribution is -0.138. The van der Waals surface area contributed by atoms with Crippen LogP contribution < -0.4 is 14.8 Å². The molecule has 0 aliphatic rings. The van der Waals surface area contributed by atoms with Gasteiger partial charge in [-0.3, -0.25) is 4.79 Å². The van der Waals surface area contributed by atoms with E-state index in [1.807, 2.05) is 6.07 Å². The molecule has 0 aliphatic carbocycles. The van der Waals surface area contributed by atoms with E-state index in [1.165, 1.54) is 33.3 Å². The Morgan fingerprint density at radius 2 is 1.73 bits per heavy atom. The first-order chi connectivity index (χ1) is 12.2. The molecule has 140 valence electrons. The maximum absolute atomic E-state index is 12.9. The third-order valence-corrected chi connectivity index (χ3v) is 3.92. The Bertz CT molecular complexity index is 788. The molecule has 0 saturated carbocycles. The van der Waals surface area contributed by atoms with E-state index in [0.29, 0.717) is 17.9 Å². The molecule has 2 aromatic carbocycles. The molecule has 0 aromatic heterocycles. The number of anilines is 1. The van der Waals surface area contributed by atoms with Crippen LogP contribution in [0, 0.1) is 6.92 Å². The van der Waals surface area contributed by atoms with Gasteiger partial charge in [0.25, 0.3) is 0 Å². The second-order valence-electron chi connectivity index (χ2n) is 5.76. The zero-order valence-electron chi connectivity index (χ0n) is 14.7. The molecule has 0 bridgehead atoms. The van der Waals surface area contributed by atoms with Gasteiger partial charge in [-0.2, -0.15) is 13.2 Å². The Labute approximate surface area is 149 Å². The largest absolute Gasteiger partial charge is 0.493 e. The van der Waals surface area contributed by atoms with Crippen molar-refractivity contribution in [1.82, 2.24) is 0 Å². The third-order valence-electron chi connectivity index (χ3n) is 3.92. The molecule has 2 aromatic rings. The van der Waals surface area contributed by atoms with Gasteiger partial charge in [0.05, 0.1) is 19.8 Å². The molecule has 4 nitrogen and oxygen atoms in total. The van der Waals surface area contributed by atoms with E-state index < -0.39 is 11.7 Å². The van der Waals surface area contributed by atoms with Crippen molar-refractivity contribution in [3.05, 3.63) is 53.1 Å². The number of ether oxygens (including phenoxy) is 2. The van der Waals surface area contributed by atoms with Crippen LogP contribution in [0.2, 0.25) is 0 Å². The number of amides is 1. The van der Waals surface area contributed by atoms with Crippen molar-refractivity contribution in [2.24, 2.45) is 0 Å². The fraction of sp³-hybridized carbons (Fsp3) is 0.316. The Balaban J connectivity index is 2.01. The first-order valence-electron chi connectivity index (χ1n) is 7.93. The molecule has 0 saturated heterocycles. The maximum Gasteiger partial charge on any atom is 0.416 e. The van der Waals surface area contributed by atoms with Crippen molar-refractivity contribution in [2.75, 3.05) is 19.5 Å². The molecule has 0 radical (unpaired) electrons. The van der Waals surface area contributed by atoms with Gasteiger partial charge in [-0.15, -0.1) is 0 Å². The van der Waals surface area contributed by atoms with E-state index in [2.05, 4.69) is 5.32 Å². The van der Waals surface area contributed by atoms with Crippen LogP contribution in [0.4, 0.5) is 18.9 Å². The first kappa shape index (κ1) is 19.6. The van der Waals surface area contributed by atoms with Crippen LogP contribution in [0.1, 0.15) is 23.1 Å². The Morgan fingerprint density at radius 3 is 2.35 bits per heavy atom. The van der Waals surface area contributed by atoms with Gasteiger partial charge in [0.1, 0.15) is 0 Å². The zero-order chi connectivity index (χ0) is 19.3. The number of benzene rings is 2. The standard InChI is InChI=1S/C19H20F3NO3/c1-12-4-7-14(11-15(12)19(20,21)22)23-18(24)9-6-13-5-8-16(25-2)17(10-13)26-3/h4-5,7-8,10-11H,6,9H2,1-3H3,(H,23,24). The summed E-state index contributed by atoms with van der Waals surface area (Å²) in [7, 11) is 3.05. The van der Waals surface area contributed by atoms with Gasteiger partial charge in [-0.25, -0.2) is 0 Å². The van der Waals surface area contributed by atoms with Crippen LogP contribution >= 0.6 is 0 Å². The fourth-order valence-electron chi connectivity index (χ4n) is 2.52. The van der Waals surface area contributed by atoms with Gasteiger partial charge in [0, 0.05) is 12.1 Å².